The van der Waals surface area contributed by atoms with Gasteiger partial charge in [-0.1, -0.05) is 13.8 Å². The van der Waals surface area contributed by atoms with Gasteiger partial charge in [-0.25, -0.2) is 0 Å². The first-order valence-corrected chi connectivity index (χ1v) is 8.44. The number of hydrogen-bond acceptors (Lipinski definition) is 4. The maximum Gasteiger partial charge on any atom is 0.261 e. The molecule has 2 heterocycles. The number of anilines is 1. The summed E-state index contributed by atoms with van der Waals surface area (Å²) in [6, 6.07) is 4.86. The van der Waals surface area contributed by atoms with Crippen molar-refractivity contribution in [2.75, 3.05) is 18.5 Å². The molecular formula is C18H22N2O4. The molecule has 2 aliphatic rings. The van der Waals surface area contributed by atoms with Gasteiger partial charge < -0.3 is 10.1 Å². The molecule has 24 heavy (non-hydrogen) atoms. The third-order valence-corrected chi connectivity index (χ3v) is 4.71. The predicted octanol–water partition coefficient (Wildman–Crippen LogP) is 2.45. The van der Waals surface area contributed by atoms with Crippen molar-refractivity contribution in [3.63, 3.8) is 0 Å². The van der Waals surface area contributed by atoms with Crippen molar-refractivity contribution in [2.24, 2.45) is 5.92 Å². The van der Waals surface area contributed by atoms with Crippen molar-refractivity contribution in [3.05, 3.63) is 29.3 Å². The molecule has 1 aromatic carbocycles. The Bertz CT molecular complexity index is 680. The van der Waals surface area contributed by atoms with Gasteiger partial charge in [0.05, 0.1) is 23.8 Å². The van der Waals surface area contributed by atoms with E-state index in [-0.39, 0.29) is 29.7 Å². The lowest BCUT2D eigenvalue weighted by molar-refractivity contribution is -0.119. The minimum atomic E-state index is -0.315. The van der Waals surface area contributed by atoms with Crippen LogP contribution in [0.3, 0.4) is 0 Å². The van der Waals surface area contributed by atoms with E-state index in [1.165, 1.54) is 4.90 Å². The van der Waals surface area contributed by atoms with Gasteiger partial charge in [-0.05, 0) is 37.5 Å². The molecule has 128 valence electrons. The lowest BCUT2D eigenvalue weighted by Gasteiger charge is -2.17. The van der Waals surface area contributed by atoms with Crippen LogP contribution in [0, 0.1) is 5.92 Å². The van der Waals surface area contributed by atoms with E-state index in [2.05, 4.69) is 5.32 Å². The van der Waals surface area contributed by atoms with E-state index >= 15 is 0 Å². The largest absolute Gasteiger partial charge is 0.376 e. The summed E-state index contributed by atoms with van der Waals surface area (Å²) < 4.78 is 5.52. The fraction of sp³-hybridized carbons (Fsp3) is 0.500. The quantitative estimate of drug-likeness (QED) is 0.842. The van der Waals surface area contributed by atoms with E-state index < -0.39 is 0 Å². The molecule has 0 unspecified atom stereocenters. The molecule has 1 fully saturated rings. The Kier molecular flexibility index (Phi) is 4.66. The van der Waals surface area contributed by atoms with Crippen LogP contribution in [0.15, 0.2) is 18.2 Å². The summed E-state index contributed by atoms with van der Waals surface area (Å²) >= 11 is 0. The Morgan fingerprint density at radius 2 is 2.08 bits per heavy atom. The zero-order chi connectivity index (χ0) is 17.3. The Morgan fingerprint density at radius 3 is 2.75 bits per heavy atom. The minimum Gasteiger partial charge on any atom is -0.376 e. The van der Waals surface area contributed by atoms with Crippen LogP contribution in [0.25, 0.3) is 0 Å². The average Bonchev–Trinajstić information content (AvgIpc) is 3.17. The summed E-state index contributed by atoms with van der Waals surface area (Å²) in [5, 5.41) is 2.80. The third kappa shape index (κ3) is 3.06. The van der Waals surface area contributed by atoms with Crippen molar-refractivity contribution in [1.82, 2.24) is 4.90 Å². The highest BCUT2D eigenvalue weighted by molar-refractivity contribution is 6.21. The summed E-state index contributed by atoms with van der Waals surface area (Å²) in [5.41, 5.74) is 1.28. The summed E-state index contributed by atoms with van der Waals surface area (Å²) in [6.07, 6.45) is 2.49. The van der Waals surface area contributed by atoms with Gasteiger partial charge in [0.2, 0.25) is 5.91 Å². The fourth-order valence-electron chi connectivity index (χ4n) is 2.98. The molecule has 6 heteroatoms. The molecule has 2 atom stereocenters. The molecule has 0 aromatic heterocycles. The van der Waals surface area contributed by atoms with E-state index in [9.17, 15) is 14.4 Å². The molecule has 0 aliphatic carbocycles. The number of fused-ring (bicyclic) bond motifs is 1. The zero-order valence-corrected chi connectivity index (χ0v) is 14.0. The summed E-state index contributed by atoms with van der Waals surface area (Å²) in [5.74, 6) is -0.799. The molecule has 0 saturated carbocycles. The van der Waals surface area contributed by atoms with Crippen LogP contribution < -0.4 is 5.32 Å². The van der Waals surface area contributed by atoms with Crippen molar-refractivity contribution >= 4 is 23.4 Å². The van der Waals surface area contributed by atoms with Crippen LogP contribution in [-0.4, -0.2) is 41.9 Å². The van der Waals surface area contributed by atoms with Crippen molar-refractivity contribution in [3.8, 4) is 0 Å². The molecule has 3 rings (SSSR count). The zero-order valence-electron chi connectivity index (χ0n) is 14.0. The van der Waals surface area contributed by atoms with E-state index in [1.807, 2.05) is 13.8 Å². The molecule has 0 bridgehead atoms. The van der Waals surface area contributed by atoms with E-state index in [0.29, 0.717) is 30.0 Å². The summed E-state index contributed by atoms with van der Waals surface area (Å²) in [7, 11) is 0. The standard InChI is InChI=1S/C18H22N2O4/c1-3-11(2)16(21)19-12-6-7-14-15(9-12)18(23)20(17(14)22)10-13-5-4-8-24-13/h6-7,9,11,13H,3-5,8,10H2,1-2H3,(H,19,21)/t11-,13-/m0/s1. The van der Waals surface area contributed by atoms with Crippen LogP contribution >= 0.6 is 0 Å². The van der Waals surface area contributed by atoms with Gasteiger partial charge in [-0.2, -0.15) is 0 Å². The van der Waals surface area contributed by atoms with Gasteiger partial charge in [0.25, 0.3) is 11.8 Å². The minimum absolute atomic E-state index is 0.0724. The molecule has 0 radical (unpaired) electrons. The maximum absolute atomic E-state index is 12.6. The van der Waals surface area contributed by atoms with Gasteiger partial charge in [-0.15, -0.1) is 0 Å². The predicted molar refractivity (Wildman–Crippen MR) is 88.9 cm³/mol. The number of rotatable bonds is 5. The van der Waals surface area contributed by atoms with Crippen LogP contribution in [0.1, 0.15) is 53.8 Å². The molecule has 1 aromatic rings. The van der Waals surface area contributed by atoms with Gasteiger partial charge in [0, 0.05) is 18.2 Å². The van der Waals surface area contributed by atoms with Crippen molar-refractivity contribution < 1.29 is 19.1 Å². The third-order valence-electron chi connectivity index (χ3n) is 4.71. The number of benzene rings is 1. The van der Waals surface area contributed by atoms with E-state index in [0.717, 1.165) is 19.3 Å². The highest BCUT2D eigenvalue weighted by atomic mass is 16.5. The Labute approximate surface area is 141 Å². The lowest BCUT2D eigenvalue weighted by atomic mass is 10.1. The first-order valence-electron chi connectivity index (χ1n) is 8.44. The Morgan fingerprint density at radius 1 is 1.33 bits per heavy atom. The first-order chi connectivity index (χ1) is 11.5. The number of carbonyl (C=O) groups excluding carboxylic acids is 3. The van der Waals surface area contributed by atoms with Gasteiger partial charge in [-0.3, -0.25) is 19.3 Å². The van der Waals surface area contributed by atoms with Crippen LogP contribution in [0.2, 0.25) is 0 Å². The van der Waals surface area contributed by atoms with Gasteiger partial charge in [0.15, 0.2) is 0 Å². The van der Waals surface area contributed by atoms with Crippen LogP contribution in [0.5, 0.6) is 0 Å². The molecule has 1 saturated heterocycles. The second-order valence-electron chi connectivity index (χ2n) is 6.41. The van der Waals surface area contributed by atoms with Crippen LogP contribution in [-0.2, 0) is 9.53 Å². The summed E-state index contributed by atoms with van der Waals surface area (Å²) in [4.78, 5) is 38.2. The molecule has 3 amide bonds. The molecule has 0 spiro atoms. The second-order valence-corrected chi connectivity index (χ2v) is 6.41. The number of ether oxygens (including phenoxy) is 1. The smallest absolute Gasteiger partial charge is 0.261 e. The van der Waals surface area contributed by atoms with Crippen molar-refractivity contribution in [2.45, 2.75) is 39.2 Å². The SMILES string of the molecule is CC[C@H](C)C(=O)Nc1ccc2c(c1)C(=O)N(C[C@@H]1CCCO1)C2=O. The molecule has 1 N–H and O–H groups in total. The maximum atomic E-state index is 12.6. The van der Waals surface area contributed by atoms with Crippen LogP contribution in [0.4, 0.5) is 5.69 Å². The van der Waals surface area contributed by atoms with E-state index in [4.69, 9.17) is 4.74 Å². The first kappa shape index (κ1) is 16.6. The second kappa shape index (κ2) is 6.73. The number of nitrogens with zero attached hydrogens (tertiary/aromatic N) is 1. The van der Waals surface area contributed by atoms with Crippen molar-refractivity contribution in [1.29, 1.82) is 0 Å². The monoisotopic (exact) mass is 330 g/mol. The normalized spacial score (nSPS) is 21.1. The topological polar surface area (TPSA) is 75.7 Å². The lowest BCUT2D eigenvalue weighted by Crippen LogP contribution is -2.36. The number of carbonyl (C=O) groups is 3. The highest BCUT2D eigenvalue weighted by Crippen LogP contribution is 2.27. The Hall–Kier alpha value is -2.21. The van der Waals surface area contributed by atoms with Gasteiger partial charge >= 0.3 is 0 Å². The number of imide groups is 1. The highest BCUT2D eigenvalue weighted by Gasteiger charge is 2.37. The molecular weight excluding hydrogens is 308 g/mol. The number of nitrogens with one attached hydrogen (secondary N) is 1. The molecule has 2 aliphatic heterocycles. The average molecular weight is 330 g/mol. The Balaban J connectivity index is 1.77. The number of hydrogen-bond donors (Lipinski definition) is 1. The summed E-state index contributed by atoms with van der Waals surface area (Å²) in [6.45, 7) is 4.76. The van der Waals surface area contributed by atoms with E-state index in [1.54, 1.807) is 18.2 Å². The molecule has 6 nitrogen and oxygen atoms in total. The fourth-order valence-corrected chi connectivity index (χ4v) is 2.98. The number of amides is 3. The van der Waals surface area contributed by atoms with Gasteiger partial charge in [0.1, 0.15) is 0 Å².